The van der Waals surface area contributed by atoms with E-state index < -0.39 is 120 Å². The maximum absolute atomic E-state index is 14.4. The van der Waals surface area contributed by atoms with Crippen molar-refractivity contribution in [2.45, 2.75) is 146 Å². The van der Waals surface area contributed by atoms with E-state index in [-0.39, 0.29) is 125 Å². The van der Waals surface area contributed by atoms with Crippen molar-refractivity contribution >= 4 is 98.7 Å². The number of carbonyl (C=O) groups excluding carboxylic acids is 8. The van der Waals surface area contributed by atoms with Crippen LogP contribution in [0.2, 0.25) is 0 Å². The SMILES string of the molecule is CC[C@H](C)[C@@H]1NC(=O)[C@H](CCCN=C(N)N)NC(=O)[C@H](CCCN=C(N)N)NC(=O)[C@H](CO)NC(=O)[C@H](CCCN=C(N)N)NC(=O)[C@@H](N)CSSC[C@@H](C(=O)O)NC(=O)[C@H](CC(C)C)NC(=O)[C@H](CCCN=C(N)N)NC1=O. The Kier molecular flexibility index (Phi) is 33.4. The van der Waals surface area contributed by atoms with E-state index >= 15 is 0 Å². The smallest absolute Gasteiger partial charge is 0.327 e. The number of nitrogens with one attached hydrogen (secondary N) is 8. The number of carboxylic acid groups (broad SMARTS) is 1. The highest BCUT2D eigenvalue weighted by Gasteiger charge is 2.36. The standard InChI is InChI=1S/C45H85N21O11S2/c1-5-23(4)32-40(75)62-27(12-8-16-57-44(51)52)35(70)63-29(18-22(2)3)38(73)65-31(41(76)77)21-79-78-20-24(46)33(68)59-25(10-6-14-55-42(47)48)36(71)64-30(19-67)39(74)61-26(11-7-15-56-43(49)50)34(69)60-28(37(72)66-32)13-9-17-58-45(53)54/h22-32,67H,5-21,46H2,1-4H3,(H,59,68)(H,60,69)(H,61,74)(H,62,75)(H,63,70)(H,64,71)(H,65,73)(H,66,72)(H,76,77)(H4,47,48,55)(H4,49,50,56)(H4,51,52,57)(H4,53,54,58)/t23-,24-,25-,26-,27-,28-,29-,30-,31-,32-/m0/s1. The molecular formula is C45H85N21O11S2. The summed E-state index contributed by atoms with van der Waals surface area (Å²) in [7, 11) is 1.94. The number of hydrogen-bond donors (Lipinski definition) is 19. The molecule has 0 aromatic rings. The van der Waals surface area contributed by atoms with Crippen molar-refractivity contribution in [1.29, 1.82) is 0 Å². The van der Waals surface area contributed by atoms with E-state index in [0.29, 0.717) is 6.42 Å². The van der Waals surface area contributed by atoms with Gasteiger partial charge in [0.05, 0.1) is 12.6 Å². The van der Waals surface area contributed by atoms with Crippen molar-refractivity contribution in [1.82, 2.24) is 42.5 Å². The van der Waals surface area contributed by atoms with Crippen LogP contribution in [0.1, 0.15) is 91.9 Å². The zero-order valence-electron chi connectivity index (χ0n) is 45.2. The molecule has 1 rings (SSSR count). The first-order valence-corrected chi connectivity index (χ1v) is 28.2. The second kappa shape index (κ2) is 37.7. The van der Waals surface area contributed by atoms with Gasteiger partial charge < -0.3 is 104 Å². The molecule has 0 aromatic carbocycles. The van der Waals surface area contributed by atoms with E-state index in [2.05, 4.69) is 62.5 Å². The number of aliphatic carboxylic acids is 1. The molecule has 79 heavy (non-hydrogen) atoms. The van der Waals surface area contributed by atoms with E-state index in [1.54, 1.807) is 27.7 Å². The fraction of sp³-hybridized carbons (Fsp3) is 0.711. The van der Waals surface area contributed by atoms with Crippen LogP contribution in [-0.4, -0.2) is 186 Å². The van der Waals surface area contributed by atoms with Crippen LogP contribution in [0.3, 0.4) is 0 Å². The Labute approximate surface area is 467 Å². The molecule has 1 aliphatic heterocycles. The van der Waals surface area contributed by atoms with Crippen LogP contribution in [0.5, 0.6) is 0 Å². The first kappa shape index (κ1) is 69.9. The summed E-state index contributed by atoms with van der Waals surface area (Å²) in [6.07, 6.45) is 0.280. The number of amides is 8. The number of aliphatic imine (C=N–C) groups is 4. The maximum atomic E-state index is 14.4. The number of carbonyl (C=O) groups is 9. The second-order valence-corrected chi connectivity index (χ2v) is 21.5. The van der Waals surface area contributed by atoms with Crippen LogP contribution >= 0.6 is 21.6 Å². The minimum atomic E-state index is -1.73. The molecule has 1 aliphatic rings. The van der Waals surface area contributed by atoms with Gasteiger partial charge >= 0.3 is 5.97 Å². The van der Waals surface area contributed by atoms with Crippen molar-refractivity contribution in [2.75, 3.05) is 44.3 Å². The highest BCUT2D eigenvalue weighted by atomic mass is 33.1. The minimum Gasteiger partial charge on any atom is -0.480 e. The number of nitrogens with zero attached hydrogens (tertiary/aromatic N) is 4. The Balaban J connectivity index is 4.05. The Morgan fingerprint density at radius 1 is 0.506 bits per heavy atom. The fourth-order valence-electron chi connectivity index (χ4n) is 7.33. The van der Waals surface area contributed by atoms with E-state index in [4.69, 9.17) is 51.6 Å². The molecule has 32 nitrogen and oxygen atoms in total. The predicted octanol–water partition coefficient (Wildman–Crippen LogP) is -7.03. The molecule has 10 atom stereocenters. The van der Waals surface area contributed by atoms with Gasteiger partial charge in [0.25, 0.3) is 0 Å². The molecule has 8 amide bonds. The van der Waals surface area contributed by atoms with Crippen molar-refractivity contribution in [3.63, 3.8) is 0 Å². The molecule has 0 aromatic heterocycles. The molecule has 0 saturated carbocycles. The zero-order valence-corrected chi connectivity index (χ0v) is 46.9. The molecule has 1 fully saturated rings. The van der Waals surface area contributed by atoms with Crippen molar-refractivity contribution < 1.29 is 53.4 Å². The van der Waals surface area contributed by atoms with Gasteiger partial charge in [0, 0.05) is 37.7 Å². The Morgan fingerprint density at radius 3 is 1.20 bits per heavy atom. The summed E-state index contributed by atoms with van der Waals surface area (Å²) < 4.78 is 0. The average molecular weight is 1160 g/mol. The largest absolute Gasteiger partial charge is 0.480 e. The first-order valence-electron chi connectivity index (χ1n) is 25.7. The monoisotopic (exact) mass is 1160 g/mol. The van der Waals surface area contributed by atoms with Gasteiger partial charge in [0.2, 0.25) is 47.3 Å². The molecule has 28 N–H and O–H groups in total. The van der Waals surface area contributed by atoms with E-state index in [1.165, 1.54) is 0 Å². The minimum absolute atomic E-state index is 0.00312. The summed E-state index contributed by atoms with van der Waals surface area (Å²) in [4.78, 5) is 141. The summed E-state index contributed by atoms with van der Waals surface area (Å²) in [5, 5.41) is 41.1. The maximum Gasteiger partial charge on any atom is 0.327 e. The lowest BCUT2D eigenvalue weighted by Gasteiger charge is -2.30. The van der Waals surface area contributed by atoms with E-state index in [1.807, 2.05) is 0 Å². The summed E-state index contributed by atoms with van der Waals surface area (Å²) in [5.74, 6) is -10.8. The van der Waals surface area contributed by atoms with Crippen LogP contribution in [0.25, 0.3) is 0 Å². The molecule has 1 heterocycles. The van der Waals surface area contributed by atoms with Gasteiger partial charge in [0.15, 0.2) is 23.8 Å². The Morgan fingerprint density at radius 2 is 0.835 bits per heavy atom. The van der Waals surface area contributed by atoms with Crippen LogP contribution in [-0.2, 0) is 43.2 Å². The van der Waals surface area contributed by atoms with Crippen LogP contribution in [0.4, 0.5) is 0 Å². The van der Waals surface area contributed by atoms with Gasteiger partial charge in [-0.25, -0.2) is 4.79 Å². The van der Waals surface area contributed by atoms with Crippen LogP contribution in [0, 0.1) is 11.8 Å². The van der Waals surface area contributed by atoms with E-state index in [9.17, 15) is 53.4 Å². The highest BCUT2D eigenvalue weighted by molar-refractivity contribution is 8.76. The lowest BCUT2D eigenvalue weighted by molar-refractivity contribution is -0.141. The van der Waals surface area contributed by atoms with Gasteiger partial charge in [-0.1, -0.05) is 55.7 Å². The summed E-state index contributed by atoms with van der Waals surface area (Å²) in [6.45, 7) is 5.96. The van der Waals surface area contributed by atoms with Crippen LogP contribution < -0.4 is 94.1 Å². The fourth-order valence-corrected chi connectivity index (χ4v) is 9.61. The number of aliphatic hydroxyl groups excluding tert-OH is 1. The highest BCUT2D eigenvalue weighted by Crippen LogP contribution is 2.23. The average Bonchev–Trinajstić information content (AvgIpc) is 3.37. The van der Waals surface area contributed by atoms with Gasteiger partial charge in [0.1, 0.15) is 48.3 Å². The number of rotatable bonds is 22. The lowest BCUT2D eigenvalue weighted by atomic mass is 9.96. The molecule has 0 aliphatic carbocycles. The molecule has 0 unspecified atom stereocenters. The van der Waals surface area contributed by atoms with Crippen LogP contribution in [0.15, 0.2) is 20.0 Å². The molecule has 34 heteroatoms. The van der Waals surface area contributed by atoms with Gasteiger partial charge in [-0.05, 0) is 69.6 Å². The third-order valence-corrected chi connectivity index (χ3v) is 14.2. The number of carboxylic acids is 1. The number of nitrogens with two attached hydrogens (primary N) is 9. The predicted molar refractivity (Wildman–Crippen MR) is 302 cm³/mol. The molecular weight excluding hydrogens is 1070 g/mol. The number of guanidine groups is 4. The zero-order chi connectivity index (χ0) is 59.8. The topological polar surface area (TPSA) is 574 Å². The second-order valence-electron chi connectivity index (χ2n) is 18.9. The molecule has 0 radical (unpaired) electrons. The molecule has 0 bridgehead atoms. The van der Waals surface area contributed by atoms with Crippen molar-refractivity contribution in [2.24, 2.45) is 83.4 Å². The molecule has 448 valence electrons. The van der Waals surface area contributed by atoms with Crippen molar-refractivity contribution in [3.05, 3.63) is 0 Å². The normalized spacial score (nSPS) is 24.3. The number of hydrogen-bond acceptors (Lipinski definition) is 17. The van der Waals surface area contributed by atoms with Crippen molar-refractivity contribution in [3.8, 4) is 0 Å². The van der Waals surface area contributed by atoms with Gasteiger partial charge in [-0.2, -0.15) is 0 Å². The molecule has 0 spiro atoms. The quantitative estimate of drug-likeness (QED) is 0.0207. The Hall–Kier alpha value is -7.07. The third kappa shape index (κ3) is 28.9. The lowest BCUT2D eigenvalue weighted by Crippen LogP contribution is -2.61. The third-order valence-electron chi connectivity index (χ3n) is 11.8. The summed E-state index contributed by atoms with van der Waals surface area (Å²) >= 11 is 0. The van der Waals surface area contributed by atoms with E-state index in [0.717, 1.165) is 21.6 Å². The van der Waals surface area contributed by atoms with Gasteiger partial charge in [-0.15, -0.1) is 0 Å². The molecule has 1 saturated heterocycles. The summed E-state index contributed by atoms with van der Waals surface area (Å²) in [6, 6.07) is -12.9. The Bertz CT molecular complexity index is 2140. The van der Waals surface area contributed by atoms with Gasteiger partial charge in [-0.3, -0.25) is 58.3 Å². The number of aliphatic hydroxyl groups is 1. The first-order chi connectivity index (χ1) is 37.2. The summed E-state index contributed by atoms with van der Waals surface area (Å²) in [5.41, 5.74) is 50.2.